The minimum Gasteiger partial charge on any atom is -0.377 e. The summed E-state index contributed by atoms with van der Waals surface area (Å²) in [6.07, 6.45) is 3.86. The lowest BCUT2D eigenvalue weighted by Gasteiger charge is -2.23. The highest BCUT2D eigenvalue weighted by Gasteiger charge is 2.28. The highest BCUT2D eigenvalue weighted by atomic mass is 16.2. The lowest BCUT2D eigenvalue weighted by Crippen LogP contribution is -2.27. The maximum absolute atomic E-state index is 11.9. The molecule has 0 spiro atoms. The molecule has 1 aromatic carbocycles. The van der Waals surface area contributed by atoms with E-state index in [0.717, 1.165) is 11.1 Å². The number of benzene rings is 1. The second kappa shape index (κ2) is 5.55. The predicted molar refractivity (Wildman–Crippen MR) is 81.2 cm³/mol. The third kappa shape index (κ3) is 2.43. The van der Waals surface area contributed by atoms with E-state index in [1.165, 1.54) is 4.90 Å². The minimum atomic E-state index is -0.338. The van der Waals surface area contributed by atoms with Crippen LogP contribution in [-0.2, 0) is 4.79 Å². The summed E-state index contributed by atoms with van der Waals surface area (Å²) in [6, 6.07) is 6.92. The Morgan fingerprint density at radius 2 is 2.00 bits per heavy atom. The third-order valence-corrected chi connectivity index (χ3v) is 3.63. The zero-order valence-corrected chi connectivity index (χ0v) is 12.4. The van der Waals surface area contributed by atoms with Crippen molar-refractivity contribution in [3.05, 3.63) is 58.8 Å². The molecule has 2 aliphatic rings. The summed E-state index contributed by atoms with van der Waals surface area (Å²) >= 11 is 0. The van der Waals surface area contributed by atoms with Crippen LogP contribution in [0.1, 0.15) is 22.0 Å². The fourth-order valence-corrected chi connectivity index (χ4v) is 2.49. The van der Waals surface area contributed by atoms with Crippen molar-refractivity contribution in [3.8, 4) is 0 Å². The number of rotatable bonds is 2. The van der Waals surface area contributed by atoms with Crippen LogP contribution in [0.2, 0.25) is 0 Å². The quantitative estimate of drug-likeness (QED) is 0.905. The number of carbonyl (C=O) groups excluding carboxylic acids is 2. The first kappa shape index (κ1) is 14.2. The standard InChI is InChI=1S/C16H16N4O2/c1-20(2)16(22)11-7-5-10(6-8-11)13-12-4-3-9-17-14(12)15(21)19-18-13/h3-8,13,17H,9H2,1-2H3. The Hall–Kier alpha value is -2.76. The van der Waals surface area contributed by atoms with Crippen LogP contribution in [0.5, 0.6) is 0 Å². The van der Waals surface area contributed by atoms with Gasteiger partial charge in [-0.25, -0.2) is 0 Å². The molecule has 2 heterocycles. The molecule has 2 aliphatic heterocycles. The van der Waals surface area contributed by atoms with Crippen molar-refractivity contribution in [3.63, 3.8) is 0 Å². The summed E-state index contributed by atoms with van der Waals surface area (Å²) in [5.41, 5.74) is 2.84. The van der Waals surface area contributed by atoms with Gasteiger partial charge in [0.25, 0.3) is 5.91 Å². The van der Waals surface area contributed by atoms with E-state index in [1.54, 1.807) is 26.2 Å². The maximum Gasteiger partial charge on any atom is 0.311 e. The Kier molecular flexibility index (Phi) is 3.58. The van der Waals surface area contributed by atoms with Gasteiger partial charge in [0.05, 0.1) is 0 Å². The molecule has 0 aliphatic carbocycles. The normalized spacial score (nSPS) is 19.7. The molecule has 0 radical (unpaired) electrons. The molecule has 1 unspecified atom stereocenters. The van der Waals surface area contributed by atoms with Gasteiger partial charge in [0, 0.05) is 31.8 Å². The molecule has 1 atom stereocenters. The van der Waals surface area contributed by atoms with Gasteiger partial charge in [-0.3, -0.25) is 9.59 Å². The molecular formula is C16H16N4O2. The summed E-state index contributed by atoms with van der Waals surface area (Å²) in [5.74, 6) is -0.388. The zero-order chi connectivity index (χ0) is 15.7. The van der Waals surface area contributed by atoms with Crippen molar-refractivity contribution in [2.45, 2.75) is 6.04 Å². The Bertz CT molecular complexity index is 714. The summed E-state index contributed by atoms with van der Waals surface area (Å²) < 4.78 is 0. The van der Waals surface area contributed by atoms with Crippen LogP contribution < -0.4 is 5.32 Å². The molecule has 2 amide bonds. The van der Waals surface area contributed by atoms with Gasteiger partial charge >= 0.3 is 5.91 Å². The summed E-state index contributed by atoms with van der Waals surface area (Å²) in [7, 11) is 3.43. The number of nitrogens with zero attached hydrogens (tertiary/aromatic N) is 3. The van der Waals surface area contributed by atoms with Gasteiger partial charge in [-0.15, -0.1) is 5.11 Å². The Morgan fingerprint density at radius 1 is 1.27 bits per heavy atom. The largest absolute Gasteiger partial charge is 0.377 e. The van der Waals surface area contributed by atoms with Crippen molar-refractivity contribution in [1.29, 1.82) is 0 Å². The zero-order valence-electron chi connectivity index (χ0n) is 12.4. The molecule has 0 aromatic heterocycles. The Morgan fingerprint density at radius 3 is 2.68 bits per heavy atom. The number of amides is 2. The van der Waals surface area contributed by atoms with Crippen molar-refractivity contribution in [2.24, 2.45) is 10.2 Å². The number of carbonyl (C=O) groups is 2. The fraction of sp³-hybridized carbons (Fsp3) is 0.250. The molecular weight excluding hydrogens is 280 g/mol. The molecule has 6 heteroatoms. The first-order chi connectivity index (χ1) is 10.6. The topological polar surface area (TPSA) is 74.1 Å². The number of azo groups is 1. The van der Waals surface area contributed by atoms with E-state index in [0.29, 0.717) is 17.8 Å². The molecule has 0 fully saturated rings. The molecule has 22 heavy (non-hydrogen) atoms. The Labute approximate surface area is 128 Å². The van der Waals surface area contributed by atoms with Crippen molar-refractivity contribution in [2.75, 3.05) is 20.6 Å². The van der Waals surface area contributed by atoms with E-state index in [1.807, 2.05) is 24.3 Å². The van der Waals surface area contributed by atoms with Gasteiger partial charge in [-0.2, -0.15) is 5.11 Å². The highest BCUT2D eigenvalue weighted by Crippen LogP contribution is 2.33. The third-order valence-electron chi connectivity index (χ3n) is 3.63. The van der Waals surface area contributed by atoms with Gasteiger partial charge < -0.3 is 10.2 Å². The molecule has 1 N–H and O–H groups in total. The highest BCUT2D eigenvalue weighted by molar-refractivity contribution is 5.96. The van der Waals surface area contributed by atoms with E-state index < -0.39 is 0 Å². The molecule has 112 valence electrons. The second-order valence-electron chi connectivity index (χ2n) is 5.36. The molecule has 1 aromatic rings. The van der Waals surface area contributed by atoms with Crippen LogP contribution in [0.15, 0.2) is 57.9 Å². The maximum atomic E-state index is 11.9. The Balaban J connectivity index is 1.93. The van der Waals surface area contributed by atoms with Crippen molar-refractivity contribution < 1.29 is 9.59 Å². The molecule has 0 saturated carbocycles. The van der Waals surface area contributed by atoms with Crippen molar-refractivity contribution in [1.82, 2.24) is 10.2 Å². The number of hydrogen-bond donors (Lipinski definition) is 1. The SMILES string of the molecule is CN(C)C(=O)c1ccc(C2N=NC(=O)C3=C2C=CCN3)cc1. The lowest BCUT2D eigenvalue weighted by molar-refractivity contribution is -0.115. The van der Waals surface area contributed by atoms with E-state index >= 15 is 0 Å². The van der Waals surface area contributed by atoms with Crippen LogP contribution in [0.25, 0.3) is 0 Å². The monoisotopic (exact) mass is 296 g/mol. The van der Waals surface area contributed by atoms with Crippen molar-refractivity contribution >= 4 is 11.8 Å². The smallest absolute Gasteiger partial charge is 0.311 e. The minimum absolute atomic E-state index is 0.0499. The average molecular weight is 296 g/mol. The summed E-state index contributed by atoms with van der Waals surface area (Å²) in [5, 5.41) is 10.9. The van der Waals surface area contributed by atoms with E-state index in [-0.39, 0.29) is 17.9 Å². The van der Waals surface area contributed by atoms with Crippen LogP contribution in [0, 0.1) is 0 Å². The van der Waals surface area contributed by atoms with E-state index in [2.05, 4.69) is 15.5 Å². The number of dihydropyridines is 1. The molecule has 0 bridgehead atoms. The first-order valence-corrected chi connectivity index (χ1v) is 6.99. The van der Waals surface area contributed by atoms with E-state index in [9.17, 15) is 9.59 Å². The lowest BCUT2D eigenvalue weighted by atomic mass is 9.94. The van der Waals surface area contributed by atoms with Crippen LogP contribution in [0.3, 0.4) is 0 Å². The molecule has 3 rings (SSSR count). The van der Waals surface area contributed by atoms with Gasteiger partial charge in [-0.1, -0.05) is 24.3 Å². The molecule has 6 nitrogen and oxygen atoms in total. The average Bonchev–Trinajstić information content (AvgIpc) is 2.55. The van der Waals surface area contributed by atoms with E-state index in [4.69, 9.17) is 0 Å². The first-order valence-electron chi connectivity index (χ1n) is 6.99. The fourth-order valence-electron chi connectivity index (χ4n) is 2.49. The van der Waals surface area contributed by atoms with Crippen LogP contribution in [0.4, 0.5) is 0 Å². The molecule has 0 saturated heterocycles. The van der Waals surface area contributed by atoms with Gasteiger partial charge in [-0.05, 0) is 17.7 Å². The number of nitrogens with one attached hydrogen (secondary N) is 1. The summed E-state index contributed by atoms with van der Waals surface area (Å²) in [6.45, 7) is 0.614. The van der Waals surface area contributed by atoms with Gasteiger partial charge in [0.2, 0.25) is 0 Å². The van der Waals surface area contributed by atoms with Gasteiger partial charge in [0.1, 0.15) is 11.7 Å². The van der Waals surface area contributed by atoms with Crippen LogP contribution in [-0.4, -0.2) is 37.4 Å². The predicted octanol–water partition coefficient (Wildman–Crippen LogP) is 1.84. The number of hydrogen-bond acceptors (Lipinski definition) is 4. The van der Waals surface area contributed by atoms with Crippen LogP contribution >= 0.6 is 0 Å². The van der Waals surface area contributed by atoms with Gasteiger partial charge in [0.15, 0.2) is 0 Å². The summed E-state index contributed by atoms with van der Waals surface area (Å²) in [4.78, 5) is 25.2. The second-order valence-corrected chi connectivity index (χ2v) is 5.36.